The van der Waals surface area contributed by atoms with Crippen molar-refractivity contribution in [2.45, 2.75) is 92.3 Å². The summed E-state index contributed by atoms with van der Waals surface area (Å²) >= 11 is 0. The lowest BCUT2D eigenvalue weighted by molar-refractivity contribution is -0.142. The van der Waals surface area contributed by atoms with E-state index in [2.05, 4.69) is 10.6 Å². The molecular weight excluding hydrogens is 444 g/mol. The summed E-state index contributed by atoms with van der Waals surface area (Å²) in [6.45, 7) is 15.1. The second kappa shape index (κ2) is 13.7. The Morgan fingerprint density at radius 2 is 1.83 bits per heavy atom. The molecule has 2 unspecified atom stereocenters. The first-order valence-corrected chi connectivity index (χ1v) is 12.3. The molecule has 0 radical (unpaired) electrons. The Hall–Kier alpha value is -3.08. The van der Waals surface area contributed by atoms with Gasteiger partial charge in [-0.2, -0.15) is 5.26 Å². The maximum absolute atomic E-state index is 13.8. The van der Waals surface area contributed by atoms with Crippen molar-refractivity contribution in [3.05, 3.63) is 34.9 Å². The fourth-order valence-corrected chi connectivity index (χ4v) is 3.78. The number of alkyl carbamates (subject to hydrolysis) is 1. The van der Waals surface area contributed by atoms with Crippen molar-refractivity contribution in [1.29, 1.82) is 5.26 Å². The van der Waals surface area contributed by atoms with Crippen LogP contribution in [0, 0.1) is 31.1 Å². The third-order valence-electron chi connectivity index (χ3n) is 5.33. The molecule has 1 aromatic carbocycles. The van der Waals surface area contributed by atoms with Crippen LogP contribution in [0.4, 0.5) is 4.79 Å². The van der Waals surface area contributed by atoms with E-state index in [1.807, 2.05) is 58.9 Å². The molecule has 0 aliphatic carbocycles. The Labute approximate surface area is 210 Å². The molecule has 0 aliphatic heterocycles. The molecular formula is C27H42N4O4. The maximum atomic E-state index is 13.8. The molecule has 0 heterocycles. The topological polar surface area (TPSA) is 112 Å². The summed E-state index contributed by atoms with van der Waals surface area (Å²) < 4.78 is 5.36. The third-order valence-corrected chi connectivity index (χ3v) is 5.33. The number of ether oxygens (including phenoxy) is 1. The van der Waals surface area contributed by atoms with Crippen LogP contribution in [-0.4, -0.2) is 47.5 Å². The molecule has 0 aromatic heterocycles. The summed E-state index contributed by atoms with van der Waals surface area (Å²) in [5.41, 5.74) is 1.78. The van der Waals surface area contributed by atoms with Crippen molar-refractivity contribution in [2.24, 2.45) is 5.92 Å². The average Bonchev–Trinajstić information content (AvgIpc) is 2.72. The van der Waals surface area contributed by atoms with Gasteiger partial charge in [0.25, 0.3) is 0 Å². The van der Waals surface area contributed by atoms with Gasteiger partial charge >= 0.3 is 6.09 Å². The molecule has 0 spiro atoms. The average molecular weight is 487 g/mol. The lowest BCUT2D eigenvalue weighted by Gasteiger charge is -2.34. The number of nitrogens with one attached hydrogen (secondary N) is 2. The second-order valence-corrected chi connectivity index (χ2v) is 10.4. The molecule has 0 saturated heterocycles. The van der Waals surface area contributed by atoms with E-state index in [1.165, 1.54) is 4.90 Å². The van der Waals surface area contributed by atoms with Crippen LogP contribution in [0.2, 0.25) is 0 Å². The molecule has 3 amide bonds. The van der Waals surface area contributed by atoms with Crippen molar-refractivity contribution in [2.75, 3.05) is 13.1 Å². The summed E-state index contributed by atoms with van der Waals surface area (Å²) in [5.74, 6) is -0.781. The summed E-state index contributed by atoms with van der Waals surface area (Å²) in [5, 5.41) is 15.2. The predicted molar refractivity (Wildman–Crippen MR) is 137 cm³/mol. The highest BCUT2D eigenvalue weighted by molar-refractivity contribution is 5.92. The molecule has 0 fully saturated rings. The number of carbonyl (C=O) groups is 3. The highest BCUT2D eigenvalue weighted by Gasteiger charge is 2.37. The van der Waals surface area contributed by atoms with Crippen molar-refractivity contribution < 1.29 is 19.1 Å². The highest BCUT2D eigenvalue weighted by Crippen LogP contribution is 2.27. The van der Waals surface area contributed by atoms with Crippen LogP contribution in [-0.2, 0) is 14.3 Å². The molecule has 194 valence electrons. The first kappa shape index (κ1) is 30.0. The van der Waals surface area contributed by atoms with Crippen molar-refractivity contribution in [1.82, 2.24) is 15.5 Å². The molecule has 8 nitrogen and oxygen atoms in total. The number of unbranched alkanes of at least 4 members (excludes halogenated alkanes) is 1. The van der Waals surface area contributed by atoms with E-state index < -0.39 is 29.7 Å². The van der Waals surface area contributed by atoms with Crippen LogP contribution in [0.1, 0.15) is 83.5 Å². The fraction of sp³-hybridized carbons (Fsp3) is 0.630. The Morgan fingerprint density at radius 1 is 1.17 bits per heavy atom. The van der Waals surface area contributed by atoms with Crippen LogP contribution < -0.4 is 10.6 Å². The third kappa shape index (κ3) is 9.97. The number of rotatable bonds is 11. The zero-order valence-corrected chi connectivity index (χ0v) is 22.5. The Morgan fingerprint density at radius 3 is 2.34 bits per heavy atom. The summed E-state index contributed by atoms with van der Waals surface area (Å²) in [7, 11) is 0. The van der Waals surface area contributed by atoms with Crippen LogP contribution in [0.5, 0.6) is 0 Å². The SMILES string of the molecule is CCCCNC(=O)C(c1ccc(C)cc1C)N(CC#N)C(=O)C(CC(C)C)NC(=O)OC(C)(C)C. The summed E-state index contributed by atoms with van der Waals surface area (Å²) in [6, 6.07) is 5.73. The molecule has 0 aliphatic rings. The van der Waals surface area contributed by atoms with Gasteiger partial charge in [0.2, 0.25) is 11.8 Å². The van der Waals surface area contributed by atoms with Gasteiger partial charge in [0.15, 0.2) is 0 Å². The van der Waals surface area contributed by atoms with Crippen LogP contribution in [0.15, 0.2) is 18.2 Å². The van der Waals surface area contributed by atoms with E-state index in [4.69, 9.17) is 4.74 Å². The van der Waals surface area contributed by atoms with Gasteiger partial charge < -0.3 is 20.3 Å². The van der Waals surface area contributed by atoms with Crippen LogP contribution >= 0.6 is 0 Å². The van der Waals surface area contributed by atoms with E-state index in [9.17, 15) is 19.6 Å². The zero-order valence-electron chi connectivity index (χ0n) is 22.5. The fourth-order valence-electron chi connectivity index (χ4n) is 3.78. The number of carbonyl (C=O) groups excluding carboxylic acids is 3. The van der Waals surface area contributed by atoms with E-state index in [-0.39, 0.29) is 18.4 Å². The Kier molecular flexibility index (Phi) is 11.7. The normalized spacial score (nSPS) is 12.9. The van der Waals surface area contributed by atoms with Gasteiger partial charge in [-0.15, -0.1) is 0 Å². The van der Waals surface area contributed by atoms with Crippen LogP contribution in [0.3, 0.4) is 0 Å². The predicted octanol–water partition coefficient (Wildman–Crippen LogP) is 4.55. The Bertz CT molecular complexity index is 915. The molecule has 8 heteroatoms. The number of benzene rings is 1. The number of hydrogen-bond acceptors (Lipinski definition) is 5. The number of nitrogens with zero attached hydrogens (tertiary/aromatic N) is 2. The minimum absolute atomic E-state index is 0.0702. The van der Waals surface area contributed by atoms with Crippen LogP contribution in [0.25, 0.3) is 0 Å². The number of aryl methyl sites for hydroxylation is 2. The minimum Gasteiger partial charge on any atom is -0.444 e. The van der Waals surface area contributed by atoms with Crippen molar-refractivity contribution >= 4 is 17.9 Å². The minimum atomic E-state index is -1.00. The molecule has 0 bridgehead atoms. The number of nitriles is 1. The lowest BCUT2D eigenvalue weighted by Crippen LogP contribution is -2.53. The molecule has 2 N–H and O–H groups in total. The molecule has 1 aromatic rings. The lowest BCUT2D eigenvalue weighted by atomic mass is 9.95. The monoisotopic (exact) mass is 486 g/mol. The standard InChI is InChI=1S/C27H42N4O4/c1-9-10-14-29-24(32)23(21-12-11-19(4)17-20(21)5)31(15-13-28)25(33)22(16-18(2)3)30-26(34)35-27(6,7)8/h11-12,17-18,22-23H,9-10,14-16H2,1-8H3,(H,29,32)(H,30,34). The number of hydrogen-bond donors (Lipinski definition) is 2. The van der Waals surface area contributed by atoms with Gasteiger partial charge in [0.05, 0.1) is 6.07 Å². The van der Waals surface area contributed by atoms with Gasteiger partial charge in [0.1, 0.15) is 24.2 Å². The largest absolute Gasteiger partial charge is 0.444 e. The van der Waals surface area contributed by atoms with Gasteiger partial charge in [0, 0.05) is 6.54 Å². The zero-order chi connectivity index (χ0) is 26.8. The first-order chi connectivity index (χ1) is 16.3. The van der Waals surface area contributed by atoms with E-state index in [0.29, 0.717) is 18.5 Å². The summed E-state index contributed by atoms with van der Waals surface area (Å²) in [6.07, 6.45) is 1.32. The van der Waals surface area contributed by atoms with Gasteiger partial charge in [-0.1, -0.05) is 51.0 Å². The van der Waals surface area contributed by atoms with E-state index in [1.54, 1.807) is 20.8 Å². The van der Waals surface area contributed by atoms with Gasteiger partial charge in [-0.25, -0.2) is 4.79 Å². The van der Waals surface area contributed by atoms with Gasteiger partial charge in [-0.05, 0) is 64.5 Å². The van der Waals surface area contributed by atoms with E-state index in [0.717, 1.165) is 24.0 Å². The highest BCUT2D eigenvalue weighted by atomic mass is 16.6. The smallest absolute Gasteiger partial charge is 0.408 e. The summed E-state index contributed by atoms with van der Waals surface area (Å²) in [4.78, 5) is 41.0. The molecule has 1 rings (SSSR count). The molecule has 0 saturated carbocycles. The van der Waals surface area contributed by atoms with Crippen molar-refractivity contribution in [3.63, 3.8) is 0 Å². The molecule has 2 atom stereocenters. The second-order valence-electron chi connectivity index (χ2n) is 10.4. The maximum Gasteiger partial charge on any atom is 0.408 e. The first-order valence-electron chi connectivity index (χ1n) is 12.3. The number of amides is 3. The quantitative estimate of drug-likeness (QED) is 0.352. The van der Waals surface area contributed by atoms with E-state index >= 15 is 0 Å². The molecule has 35 heavy (non-hydrogen) atoms. The van der Waals surface area contributed by atoms with Crippen molar-refractivity contribution in [3.8, 4) is 6.07 Å². The van der Waals surface area contributed by atoms with Gasteiger partial charge in [-0.3, -0.25) is 9.59 Å². The Balaban J connectivity index is 3.46.